The number of anilines is 3. The van der Waals surface area contributed by atoms with E-state index in [0.29, 0.717) is 28.6 Å². The summed E-state index contributed by atoms with van der Waals surface area (Å²) in [7, 11) is 0. The number of carbonyl (C=O) groups is 2. The number of carbonyl (C=O) groups excluding carboxylic acids is 2. The maximum Gasteiger partial charge on any atom is 0.458 e. The van der Waals surface area contributed by atoms with Gasteiger partial charge in [-0.1, -0.05) is 29.3 Å². The van der Waals surface area contributed by atoms with Crippen LogP contribution in [0, 0.1) is 0 Å². The summed E-state index contributed by atoms with van der Waals surface area (Å²) in [6.45, 7) is 4.55. The maximum absolute atomic E-state index is 11.2. The fraction of sp³-hybridized carbons (Fsp3) is 0.417. The number of piperidine rings is 1. The summed E-state index contributed by atoms with van der Waals surface area (Å²) in [5.41, 5.74) is 5.94. The summed E-state index contributed by atoms with van der Waals surface area (Å²) >= 11 is 12.5. The van der Waals surface area contributed by atoms with Crippen molar-refractivity contribution >= 4 is 51.8 Å². The molecule has 0 saturated carbocycles. The molecule has 0 amide bonds. The van der Waals surface area contributed by atoms with Crippen LogP contribution in [0.25, 0.3) is 0 Å². The van der Waals surface area contributed by atoms with Crippen molar-refractivity contribution in [1.82, 2.24) is 5.32 Å². The van der Waals surface area contributed by atoms with Crippen molar-refractivity contribution in [2.75, 3.05) is 36.5 Å². The van der Waals surface area contributed by atoms with E-state index in [0.717, 1.165) is 37.6 Å². The average molecular weight is 584 g/mol. The monoisotopic (exact) mass is 583 g/mol. The number of ether oxygens (including phenoxy) is 1. The fourth-order valence-electron chi connectivity index (χ4n) is 4.87. The summed E-state index contributed by atoms with van der Waals surface area (Å²) in [4.78, 5) is 21.8. The van der Waals surface area contributed by atoms with Crippen LogP contribution in [-0.2, 0) is 20.9 Å². The average Bonchev–Trinajstić information content (AvgIpc) is 3.00. The third-order valence-corrected chi connectivity index (χ3v) is 7.26. The summed E-state index contributed by atoms with van der Waals surface area (Å²) in [6.07, 6.45) is -10.4. The largest absolute Gasteiger partial charge is 0.458 e. The quantitative estimate of drug-likeness (QED) is 0.352. The number of rotatable bonds is 3. The second-order valence-corrected chi connectivity index (χ2v) is 9.65. The van der Waals surface area contributed by atoms with Gasteiger partial charge in [0.1, 0.15) is 0 Å². The van der Waals surface area contributed by atoms with Gasteiger partial charge in [-0.3, -0.25) is 9.59 Å². The van der Waals surface area contributed by atoms with Gasteiger partial charge >= 0.3 is 23.9 Å². The molecule has 0 radical (unpaired) electrons. The Morgan fingerprint density at radius 1 is 1.05 bits per heavy atom. The molecule has 38 heavy (non-hydrogen) atoms. The topological polar surface area (TPSA) is 70.7 Å². The van der Waals surface area contributed by atoms with Gasteiger partial charge in [-0.25, -0.2) is 0 Å². The lowest BCUT2D eigenvalue weighted by Gasteiger charge is -2.33. The van der Waals surface area contributed by atoms with Gasteiger partial charge in [-0.2, -0.15) is 26.3 Å². The van der Waals surface area contributed by atoms with Crippen molar-refractivity contribution < 1.29 is 40.7 Å². The SMILES string of the molecule is Clc1cccc(Nc2cc3c4c(c2)[C@@H]2CNCC[C@@H]2N4CCOC3)c1Cl.O=C(C(=O)C(F)(F)F)C(F)(F)F. The van der Waals surface area contributed by atoms with Crippen LogP contribution in [0.5, 0.6) is 0 Å². The Kier molecular flexibility index (Phi) is 8.17. The Labute approximate surface area is 223 Å². The van der Waals surface area contributed by atoms with E-state index in [4.69, 9.17) is 27.9 Å². The van der Waals surface area contributed by atoms with Crippen LogP contribution >= 0.6 is 23.2 Å². The Bertz CT molecular complexity index is 1210. The number of fused-ring (bicyclic) bond motifs is 3. The highest BCUT2D eigenvalue weighted by Gasteiger charge is 2.54. The number of nitrogens with one attached hydrogen (secondary N) is 2. The van der Waals surface area contributed by atoms with E-state index >= 15 is 0 Å². The molecule has 2 N–H and O–H groups in total. The Morgan fingerprint density at radius 2 is 1.74 bits per heavy atom. The Hall–Kier alpha value is -2.54. The van der Waals surface area contributed by atoms with Crippen molar-refractivity contribution in [3.63, 3.8) is 0 Å². The van der Waals surface area contributed by atoms with Gasteiger partial charge in [0.25, 0.3) is 0 Å². The molecule has 206 valence electrons. The molecule has 0 aromatic heterocycles. The molecule has 2 aromatic carbocycles. The van der Waals surface area contributed by atoms with Gasteiger partial charge in [0.15, 0.2) is 0 Å². The van der Waals surface area contributed by atoms with Crippen molar-refractivity contribution in [2.24, 2.45) is 0 Å². The van der Waals surface area contributed by atoms with Crippen molar-refractivity contribution in [3.05, 3.63) is 51.5 Å². The van der Waals surface area contributed by atoms with E-state index in [9.17, 15) is 35.9 Å². The summed E-state index contributed by atoms with van der Waals surface area (Å²) in [5.74, 6) is -6.28. The van der Waals surface area contributed by atoms with Crippen LogP contribution < -0.4 is 15.5 Å². The number of Topliss-reactive ketones (excluding diaryl/α,β-unsaturated/α-hetero) is 2. The molecule has 1 saturated heterocycles. The first-order valence-corrected chi connectivity index (χ1v) is 12.2. The molecule has 0 spiro atoms. The molecule has 6 nitrogen and oxygen atoms in total. The molecule has 0 bridgehead atoms. The first-order valence-electron chi connectivity index (χ1n) is 11.4. The zero-order valence-corrected chi connectivity index (χ0v) is 21.0. The first kappa shape index (κ1) is 28.5. The minimum Gasteiger partial charge on any atom is -0.375 e. The lowest BCUT2D eigenvalue weighted by molar-refractivity contribution is -0.193. The van der Waals surface area contributed by atoms with Crippen molar-refractivity contribution in [3.8, 4) is 0 Å². The van der Waals surface area contributed by atoms with E-state index < -0.39 is 23.9 Å². The second kappa shape index (κ2) is 10.9. The molecule has 5 rings (SSSR count). The molecule has 3 aliphatic rings. The first-order chi connectivity index (χ1) is 17.8. The van der Waals surface area contributed by atoms with Crippen LogP contribution in [0.2, 0.25) is 10.0 Å². The van der Waals surface area contributed by atoms with Gasteiger partial charge < -0.3 is 20.3 Å². The molecule has 14 heteroatoms. The predicted molar refractivity (Wildman–Crippen MR) is 129 cm³/mol. The van der Waals surface area contributed by atoms with E-state index in [-0.39, 0.29) is 0 Å². The van der Waals surface area contributed by atoms with Crippen LogP contribution in [0.1, 0.15) is 23.5 Å². The molecule has 3 aliphatic heterocycles. The number of benzene rings is 2. The minimum atomic E-state index is -5.77. The maximum atomic E-state index is 11.2. The molecular formula is C24H21Cl2F6N3O3. The van der Waals surface area contributed by atoms with Crippen molar-refractivity contribution in [2.45, 2.75) is 37.3 Å². The highest BCUT2D eigenvalue weighted by atomic mass is 35.5. The zero-order chi connectivity index (χ0) is 27.8. The molecule has 0 aliphatic carbocycles. The highest BCUT2D eigenvalue weighted by molar-refractivity contribution is 6.43. The number of halogens is 8. The molecule has 2 atom stereocenters. The zero-order valence-electron chi connectivity index (χ0n) is 19.5. The second-order valence-electron chi connectivity index (χ2n) is 8.87. The number of hydrogen-bond donors (Lipinski definition) is 2. The Balaban J connectivity index is 0.000000240. The Morgan fingerprint density at radius 3 is 2.39 bits per heavy atom. The smallest absolute Gasteiger partial charge is 0.375 e. The van der Waals surface area contributed by atoms with Gasteiger partial charge in [-0.05, 0) is 42.8 Å². The number of ketones is 2. The number of alkyl halides is 6. The molecule has 3 heterocycles. The van der Waals surface area contributed by atoms with E-state index in [1.807, 2.05) is 12.1 Å². The van der Waals surface area contributed by atoms with Crippen molar-refractivity contribution in [1.29, 1.82) is 0 Å². The number of nitrogens with zero attached hydrogens (tertiary/aromatic N) is 1. The standard InChI is InChI=1S/C20H21Cl2N3O.C4F6O2/c21-16-2-1-3-17(19(16)22)24-13-8-12-11-26-7-6-25-18-4-5-23-10-15(18)14(9-13)20(12)25;5-3(6,7)1(11)2(12)4(8,9)10/h1-3,8-9,15,18,23-24H,4-7,10-11H2;/t15-,18-;/m0./s1. The summed E-state index contributed by atoms with van der Waals surface area (Å²) in [6, 6.07) is 10.7. The van der Waals surface area contributed by atoms with E-state index in [2.05, 4.69) is 27.7 Å². The van der Waals surface area contributed by atoms with Crippen LogP contribution in [0.15, 0.2) is 30.3 Å². The lowest BCUT2D eigenvalue weighted by atomic mass is 9.89. The third kappa shape index (κ3) is 5.88. The van der Waals surface area contributed by atoms with Crippen LogP contribution in [-0.4, -0.2) is 56.2 Å². The van der Waals surface area contributed by atoms with Crippen LogP contribution in [0.4, 0.5) is 43.4 Å². The lowest BCUT2D eigenvalue weighted by Crippen LogP contribution is -2.44. The summed E-state index contributed by atoms with van der Waals surface area (Å²) in [5, 5.41) is 8.14. The molecular weight excluding hydrogens is 563 g/mol. The highest BCUT2D eigenvalue weighted by Crippen LogP contribution is 2.48. The van der Waals surface area contributed by atoms with Crippen LogP contribution in [0.3, 0.4) is 0 Å². The normalized spacial score (nSPS) is 20.5. The molecule has 1 fully saturated rings. The summed E-state index contributed by atoms with van der Waals surface area (Å²) < 4.78 is 72.8. The van der Waals surface area contributed by atoms with Gasteiger partial charge in [0.05, 0.1) is 28.9 Å². The van der Waals surface area contributed by atoms with E-state index in [1.54, 1.807) is 6.07 Å². The third-order valence-electron chi connectivity index (χ3n) is 6.44. The fourth-order valence-corrected chi connectivity index (χ4v) is 5.22. The van der Waals surface area contributed by atoms with Gasteiger partial charge in [0.2, 0.25) is 0 Å². The number of hydrogen-bond acceptors (Lipinski definition) is 6. The molecule has 0 unspecified atom stereocenters. The van der Waals surface area contributed by atoms with Gasteiger partial charge in [0, 0.05) is 42.0 Å². The molecule has 2 aromatic rings. The predicted octanol–water partition coefficient (Wildman–Crippen LogP) is 5.78. The van der Waals surface area contributed by atoms with E-state index in [1.165, 1.54) is 23.2 Å². The minimum absolute atomic E-state index is 0.534. The van der Waals surface area contributed by atoms with Gasteiger partial charge in [-0.15, -0.1) is 0 Å².